The Morgan fingerprint density at radius 2 is 2.06 bits per heavy atom. The van der Waals surface area contributed by atoms with Gasteiger partial charge in [0.05, 0.1) is 0 Å². The molecule has 0 spiro atoms. The van der Waals surface area contributed by atoms with E-state index >= 15 is 0 Å². The Kier molecular flexibility index (Phi) is 5.23. The first-order valence-corrected chi connectivity index (χ1v) is 7.94. The summed E-state index contributed by atoms with van der Waals surface area (Å²) in [6, 6.07) is 0. The van der Waals surface area contributed by atoms with E-state index in [0.29, 0.717) is 11.7 Å². The fourth-order valence-corrected chi connectivity index (χ4v) is 3.63. The van der Waals surface area contributed by atoms with E-state index in [1.807, 2.05) is 0 Å². The number of carbonyl (C=O) groups is 1. The van der Waals surface area contributed by atoms with Crippen molar-refractivity contribution in [3.05, 3.63) is 0 Å². The van der Waals surface area contributed by atoms with Gasteiger partial charge in [0, 0.05) is 18.9 Å². The second-order valence-electron chi connectivity index (χ2n) is 6.55. The topological polar surface area (TPSA) is 20.3 Å². The van der Waals surface area contributed by atoms with Crippen molar-refractivity contribution in [3.63, 3.8) is 0 Å². The van der Waals surface area contributed by atoms with Gasteiger partial charge in [0.2, 0.25) is 0 Å². The lowest BCUT2D eigenvalue weighted by Gasteiger charge is -2.30. The van der Waals surface area contributed by atoms with E-state index in [9.17, 15) is 4.79 Å². The molecule has 0 bridgehead atoms. The summed E-state index contributed by atoms with van der Waals surface area (Å²) in [6.45, 7) is 8.09. The number of ketones is 1. The predicted molar refractivity (Wildman–Crippen MR) is 75.6 cm³/mol. The van der Waals surface area contributed by atoms with Gasteiger partial charge in [-0.3, -0.25) is 4.79 Å². The molecule has 18 heavy (non-hydrogen) atoms. The average Bonchev–Trinajstić information content (AvgIpc) is 2.59. The summed E-state index contributed by atoms with van der Waals surface area (Å²) in [5, 5.41) is 0. The number of carbonyl (C=O) groups excluding carboxylic acids is 1. The number of hydrogen-bond acceptors (Lipinski definition) is 2. The highest BCUT2D eigenvalue weighted by atomic mass is 16.1. The molecule has 0 aromatic carbocycles. The molecule has 1 aliphatic heterocycles. The minimum absolute atomic E-state index is 0.340. The van der Waals surface area contributed by atoms with Crippen LogP contribution in [0.1, 0.15) is 58.8 Å². The molecule has 0 radical (unpaired) electrons. The van der Waals surface area contributed by atoms with E-state index in [1.165, 1.54) is 38.8 Å². The molecule has 0 aromatic rings. The molecule has 1 heterocycles. The van der Waals surface area contributed by atoms with E-state index in [4.69, 9.17) is 0 Å². The molecule has 0 N–H and O–H groups in total. The van der Waals surface area contributed by atoms with Crippen molar-refractivity contribution < 1.29 is 4.79 Å². The molecule has 3 atom stereocenters. The number of nitrogens with zero attached hydrogens (tertiary/aromatic N) is 1. The standard InChI is InChI=1S/C16H29NO/c1-3-14-5-4-9-17(10-8-14)12-15-11-13(2)6-7-16(15)18/h13-15H,3-12H2,1-2H3. The largest absolute Gasteiger partial charge is 0.303 e. The SMILES string of the molecule is CCC1CCCN(CC2CC(C)CCC2=O)CC1. The van der Waals surface area contributed by atoms with Crippen LogP contribution in [-0.2, 0) is 4.79 Å². The Labute approximate surface area is 112 Å². The maximum absolute atomic E-state index is 12.0. The second-order valence-corrected chi connectivity index (χ2v) is 6.55. The summed E-state index contributed by atoms with van der Waals surface area (Å²) >= 11 is 0. The third-order valence-corrected chi connectivity index (χ3v) is 5.02. The summed E-state index contributed by atoms with van der Waals surface area (Å²) in [4.78, 5) is 14.6. The molecule has 0 amide bonds. The minimum Gasteiger partial charge on any atom is -0.303 e. The fraction of sp³-hybridized carbons (Fsp3) is 0.938. The van der Waals surface area contributed by atoms with Gasteiger partial charge in [0.25, 0.3) is 0 Å². The molecular formula is C16H29NO. The van der Waals surface area contributed by atoms with Crippen LogP contribution < -0.4 is 0 Å². The van der Waals surface area contributed by atoms with Gasteiger partial charge in [0.1, 0.15) is 5.78 Å². The van der Waals surface area contributed by atoms with Crippen LogP contribution in [0.4, 0.5) is 0 Å². The van der Waals surface area contributed by atoms with E-state index < -0.39 is 0 Å². The van der Waals surface area contributed by atoms with E-state index in [2.05, 4.69) is 18.7 Å². The van der Waals surface area contributed by atoms with Crippen molar-refractivity contribution in [1.82, 2.24) is 4.90 Å². The van der Waals surface area contributed by atoms with Crippen molar-refractivity contribution in [2.75, 3.05) is 19.6 Å². The summed E-state index contributed by atoms with van der Waals surface area (Å²) in [5.41, 5.74) is 0. The highest BCUT2D eigenvalue weighted by Gasteiger charge is 2.28. The lowest BCUT2D eigenvalue weighted by atomic mass is 9.81. The van der Waals surface area contributed by atoms with Gasteiger partial charge in [0.15, 0.2) is 0 Å². The number of likely N-dealkylation sites (tertiary alicyclic amines) is 1. The molecule has 2 aliphatic rings. The van der Waals surface area contributed by atoms with Gasteiger partial charge in [-0.15, -0.1) is 0 Å². The van der Waals surface area contributed by atoms with Gasteiger partial charge in [-0.25, -0.2) is 0 Å². The number of hydrogen-bond donors (Lipinski definition) is 0. The zero-order chi connectivity index (χ0) is 13.0. The molecule has 2 rings (SSSR count). The summed E-state index contributed by atoms with van der Waals surface area (Å²) in [5.74, 6) is 2.55. The Bertz CT molecular complexity index is 276. The first-order chi connectivity index (χ1) is 8.69. The first kappa shape index (κ1) is 14.0. The van der Waals surface area contributed by atoms with Crippen molar-refractivity contribution in [3.8, 4) is 0 Å². The lowest BCUT2D eigenvalue weighted by Crippen LogP contribution is -2.36. The van der Waals surface area contributed by atoms with Crippen LogP contribution in [-0.4, -0.2) is 30.3 Å². The highest BCUT2D eigenvalue weighted by Crippen LogP contribution is 2.28. The Hall–Kier alpha value is -0.370. The maximum Gasteiger partial charge on any atom is 0.137 e. The average molecular weight is 251 g/mol. The molecule has 2 heteroatoms. The van der Waals surface area contributed by atoms with Gasteiger partial charge in [-0.2, -0.15) is 0 Å². The Morgan fingerprint density at radius 1 is 1.22 bits per heavy atom. The first-order valence-electron chi connectivity index (χ1n) is 7.94. The third kappa shape index (κ3) is 3.81. The zero-order valence-corrected chi connectivity index (χ0v) is 12.2. The maximum atomic E-state index is 12.0. The number of rotatable bonds is 3. The highest BCUT2D eigenvalue weighted by molar-refractivity contribution is 5.81. The minimum atomic E-state index is 0.340. The van der Waals surface area contributed by atoms with Crippen LogP contribution in [0.5, 0.6) is 0 Å². The molecule has 0 aromatic heterocycles. The summed E-state index contributed by atoms with van der Waals surface area (Å²) in [7, 11) is 0. The van der Waals surface area contributed by atoms with Crippen LogP contribution in [0.15, 0.2) is 0 Å². The van der Waals surface area contributed by atoms with E-state index in [-0.39, 0.29) is 0 Å². The lowest BCUT2D eigenvalue weighted by molar-refractivity contribution is -0.126. The molecular weight excluding hydrogens is 222 g/mol. The Balaban J connectivity index is 1.83. The molecule has 2 fully saturated rings. The second kappa shape index (κ2) is 6.70. The predicted octanol–water partition coefficient (Wildman–Crippen LogP) is 3.50. The molecule has 104 valence electrons. The Morgan fingerprint density at radius 3 is 2.83 bits per heavy atom. The van der Waals surface area contributed by atoms with E-state index in [1.54, 1.807) is 0 Å². The van der Waals surface area contributed by atoms with Crippen LogP contribution in [0, 0.1) is 17.8 Å². The molecule has 1 aliphatic carbocycles. The van der Waals surface area contributed by atoms with Gasteiger partial charge >= 0.3 is 0 Å². The normalized spacial score (nSPS) is 35.4. The van der Waals surface area contributed by atoms with Crippen LogP contribution in [0.2, 0.25) is 0 Å². The molecule has 2 nitrogen and oxygen atoms in total. The van der Waals surface area contributed by atoms with Crippen LogP contribution >= 0.6 is 0 Å². The molecule has 1 saturated carbocycles. The monoisotopic (exact) mass is 251 g/mol. The van der Waals surface area contributed by atoms with Crippen LogP contribution in [0.3, 0.4) is 0 Å². The van der Waals surface area contributed by atoms with Crippen molar-refractivity contribution >= 4 is 5.78 Å². The van der Waals surface area contributed by atoms with Crippen molar-refractivity contribution in [1.29, 1.82) is 0 Å². The van der Waals surface area contributed by atoms with Crippen molar-refractivity contribution in [2.24, 2.45) is 17.8 Å². The summed E-state index contributed by atoms with van der Waals surface area (Å²) < 4.78 is 0. The fourth-order valence-electron chi connectivity index (χ4n) is 3.63. The smallest absolute Gasteiger partial charge is 0.137 e. The summed E-state index contributed by atoms with van der Waals surface area (Å²) in [6.07, 6.45) is 8.47. The third-order valence-electron chi connectivity index (χ3n) is 5.02. The van der Waals surface area contributed by atoms with Gasteiger partial charge in [-0.1, -0.05) is 20.3 Å². The molecule has 3 unspecified atom stereocenters. The number of Topliss-reactive ketones (excluding diaryl/α,β-unsaturated/α-hetero) is 1. The van der Waals surface area contributed by atoms with Crippen molar-refractivity contribution in [2.45, 2.75) is 58.8 Å². The quantitative estimate of drug-likeness (QED) is 0.765. The van der Waals surface area contributed by atoms with Gasteiger partial charge in [-0.05, 0) is 57.0 Å². The van der Waals surface area contributed by atoms with E-state index in [0.717, 1.165) is 37.6 Å². The van der Waals surface area contributed by atoms with Crippen LogP contribution in [0.25, 0.3) is 0 Å². The van der Waals surface area contributed by atoms with Gasteiger partial charge < -0.3 is 4.90 Å². The molecule has 1 saturated heterocycles. The zero-order valence-electron chi connectivity index (χ0n) is 12.2.